The van der Waals surface area contributed by atoms with E-state index in [9.17, 15) is 0 Å². The SMILES string of the molecule is CC(C)C(C)Nc1ccc(CC#N)cc1. The van der Waals surface area contributed by atoms with Gasteiger partial charge in [-0.15, -0.1) is 0 Å². The molecule has 2 heteroatoms. The monoisotopic (exact) mass is 202 g/mol. The summed E-state index contributed by atoms with van der Waals surface area (Å²) in [6, 6.07) is 10.7. The minimum atomic E-state index is 0.465. The predicted octanol–water partition coefficient (Wildman–Crippen LogP) is 3.21. The number of hydrogen-bond acceptors (Lipinski definition) is 2. The van der Waals surface area contributed by atoms with Crippen LogP contribution in [0.2, 0.25) is 0 Å². The fourth-order valence-electron chi connectivity index (χ4n) is 1.24. The summed E-state index contributed by atoms with van der Waals surface area (Å²) in [5.41, 5.74) is 2.19. The van der Waals surface area contributed by atoms with Crippen molar-refractivity contribution in [2.45, 2.75) is 33.2 Å². The van der Waals surface area contributed by atoms with Crippen LogP contribution >= 0.6 is 0 Å². The van der Waals surface area contributed by atoms with Crippen molar-refractivity contribution in [1.29, 1.82) is 5.26 Å². The molecular weight excluding hydrogens is 184 g/mol. The first-order chi connectivity index (χ1) is 7.13. The quantitative estimate of drug-likeness (QED) is 0.813. The second-order valence-electron chi connectivity index (χ2n) is 4.21. The van der Waals surface area contributed by atoms with Gasteiger partial charge in [0.15, 0.2) is 0 Å². The lowest BCUT2D eigenvalue weighted by atomic mass is 10.1. The summed E-state index contributed by atoms with van der Waals surface area (Å²) in [4.78, 5) is 0. The maximum Gasteiger partial charge on any atom is 0.0669 e. The smallest absolute Gasteiger partial charge is 0.0669 e. The summed E-state index contributed by atoms with van der Waals surface area (Å²) in [5.74, 6) is 0.615. The summed E-state index contributed by atoms with van der Waals surface area (Å²) in [6.45, 7) is 6.57. The summed E-state index contributed by atoms with van der Waals surface area (Å²) in [6.07, 6.45) is 0.486. The third-order valence-electron chi connectivity index (χ3n) is 2.63. The highest BCUT2D eigenvalue weighted by atomic mass is 14.9. The van der Waals surface area contributed by atoms with E-state index in [1.807, 2.05) is 24.3 Å². The second kappa shape index (κ2) is 5.41. The molecule has 1 atom stereocenters. The maximum absolute atomic E-state index is 8.54. The summed E-state index contributed by atoms with van der Waals surface area (Å²) in [7, 11) is 0. The van der Waals surface area contributed by atoms with Crippen LogP contribution in [-0.4, -0.2) is 6.04 Å². The van der Waals surface area contributed by atoms with E-state index in [2.05, 4.69) is 32.2 Å². The van der Waals surface area contributed by atoms with Crippen molar-refractivity contribution in [1.82, 2.24) is 0 Å². The van der Waals surface area contributed by atoms with Crippen LogP contribution in [0.4, 0.5) is 5.69 Å². The lowest BCUT2D eigenvalue weighted by molar-refractivity contribution is 0.560. The third kappa shape index (κ3) is 3.63. The van der Waals surface area contributed by atoms with Crippen molar-refractivity contribution in [3.8, 4) is 6.07 Å². The van der Waals surface area contributed by atoms with Crippen molar-refractivity contribution < 1.29 is 0 Å². The van der Waals surface area contributed by atoms with E-state index in [0.717, 1.165) is 11.3 Å². The van der Waals surface area contributed by atoms with Gasteiger partial charge in [0.25, 0.3) is 0 Å². The fourth-order valence-corrected chi connectivity index (χ4v) is 1.24. The van der Waals surface area contributed by atoms with Gasteiger partial charge in [0.1, 0.15) is 0 Å². The lowest BCUT2D eigenvalue weighted by Gasteiger charge is -2.18. The van der Waals surface area contributed by atoms with Crippen LogP contribution in [0, 0.1) is 17.2 Å². The zero-order valence-electron chi connectivity index (χ0n) is 9.62. The molecule has 0 aliphatic heterocycles. The highest BCUT2D eigenvalue weighted by molar-refractivity contribution is 5.45. The molecule has 15 heavy (non-hydrogen) atoms. The van der Waals surface area contributed by atoms with Crippen molar-refractivity contribution in [2.24, 2.45) is 5.92 Å². The molecular formula is C13H18N2. The number of rotatable bonds is 4. The van der Waals surface area contributed by atoms with Crippen LogP contribution in [0.15, 0.2) is 24.3 Å². The largest absolute Gasteiger partial charge is 0.382 e. The maximum atomic E-state index is 8.54. The first kappa shape index (κ1) is 11.6. The summed E-state index contributed by atoms with van der Waals surface area (Å²) < 4.78 is 0. The second-order valence-corrected chi connectivity index (χ2v) is 4.21. The van der Waals surface area contributed by atoms with Gasteiger partial charge in [-0.05, 0) is 30.5 Å². The van der Waals surface area contributed by atoms with E-state index < -0.39 is 0 Å². The highest BCUT2D eigenvalue weighted by Crippen LogP contribution is 2.13. The number of hydrogen-bond donors (Lipinski definition) is 1. The Morgan fingerprint density at radius 1 is 1.20 bits per heavy atom. The van der Waals surface area contributed by atoms with Crippen molar-refractivity contribution in [3.05, 3.63) is 29.8 Å². The Morgan fingerprint density at radius 3 is 2.27 bits per heavy atom. The van der Waals surface area contributed by atoms with Gasteiger partial charge in [-0.25, -0.2) is 0 Å². The van der Waals surface area contributed by atoms with Crippen molar-refractivity contribution in [3.63, 3.8) is 0 Å². The number of nitrogens with zero attached hydrogens (tertiary/aromatic N) is 1. The first-order valence-electron chi connectivity index (χ1n) is 5.36. The van der Waals surface area contributed by atoms with E-state index in [0.29, 0.717) is 18.4 Å². The molecule has 0 amide bonds. The molecule has 0 radical (unpaired) electrons. The van der Waals surface area contributed by atoms with E-state index in [1.54, 1.807) is 0 Å². The van der Waals surface area contributed by atoms with Gasteiger partial charge in [-0.3, -0.25) is 0 Å². The highest BCUT2D eigenvalue weighted by Gasteiger charge is 2.05. The van der Waals surface area contributed by atoms with Gasteiger partial charge in [0.05, 0.1) is 12.5 Å². The van der Waals surface area contributed by atoms with Gasteiger partial charge in [-0.1, -0.05) is 26.0 Å². The van der Waals surface area contributed by atoms with E-state index in [4.69, 9.17) is 5.26 Å². The van der Waals surface area contributed by atoms with Crippen LogP contribution in [0.5, 0.6) is 0 Å². The van der Waals surface area contributed by atoms with Crippen LogP contribution in [0.25, 0.3) is 0 Å². The Labute approximate surface area is 91.9 Å². The van der Waals surface area contributed by atoms with E-state index >= 15 is 0 Å². The van der Waals surface area contributed by atoms with Crippen molar-refractivity contribution in [2.75, 3.05) is 5.32 Å². The minimum Gasteiger partial charge on any atom is -0.382 e. The molecule has 80 valence electrons. The lowest BCUT2D eigenvalue weighted by Crippen LogP contribution is -2.21. The van der Waals surface area contributed by atoms with Crippen LogP contribution in [-0.2, 0) is 6.42 Å². The molecule has 1 N–H and O–H groups in total. The van der Waals surface area contributed by atoms with Crippen LogP contribution < -0.4 is 5.32 Å². The normalized spacial score (nSPS) is 12.2. The molecule has 0 aliphatic rings. The Hall–Kier alpha value is -1.49. The zero-order valence-corrected chi connectivity index (χ0v) is 9.62. The van der Waals surface area contributed by atoms with E-state index in [1.165, 1.54) is 0 Å². The topological polar surface area (TPSA) is 35.8 Å². The molecule has 0 aliphatic carbocycles. The Balaban J connectivity index is 2.61. The van der Waals surface area contributed by atoms with Crippen LogP contribution in [0.3, 0.4) is 0 Å². The number of nitriles is 1. The number of nitrogens with one attached hydrogen (secondary N) is 1. The molecule has 0 fully saturated rings. The van der Waals surface area contributed by atoms with Gasteiger partial charge >= 0.3 is 0 Å². The minimum absolute atomic E-state index is 0.465. The number of anilines is 1. The molecule has 0 saturated heterocycles. The first-order valence-corrected chi connectivity index (χ1v) is 5.36. The molecule has 1 unspecified atom stereocenters. The molecule has 0 bridgehead atoms. The van der Waals surface area contributed by atoms with Gasteiger partial charge < -0.3 is 5.32 Å². The standard InChI is InChI=1S/C13H18N2/c1-10(2)11(3)15-13-6-4-12(5-7-13)8-9-14/h4-7,10-11,15H,8H2,1-3H3. The molecule has 1 rings (SSSR count). The van der Waals surface area contributed by atoms with Gasteiger partial charge in [-0.2, -0.15) is 5.26 Å². The van der Waals surface area contributed by atoms with Crippen LogP contribution in [0.1, 0.15) is 26.3 Å². The molecule has 0 spiro atoms. The Bertz CT molecular complexity index is 333. The molecule has 2 nitrogen and oxygen atoms in total. The van der Waals surface area contributed by atoms with E-state index in [-0.39, 0.29) is 0 Å². The Morgan fingerprint density at radius 2 is 1.80 bits per heavy atom. The van der Waals surface area contributed by atoms with Gasteiger partial charge in [0, 0.05) is 11.7 Å². The zero-order chi connectivity index (χ0) is 11.3. The molecule has 0 aromatic heterocycles. The fraction of sp³-hybridized carbons (Fsp3) is 0.462. The average Bonchev–Trinajstić information content (AvgIpc) is 2.21. The summed E-state index contributed by atoms with van der Waals surface area (Å²) in [5, 5.41) is 12.0. The molecule has 1 aromatic carbocycles. The predicted molar refractivity (Wildman–Crippen MR) is 63.7 cm³/mol. The molecule has 0 saturated carbocycles. The average molecular weight is 202 g/mol. The number of benzene rings is 1. The molecule has 1 aromatic rings. The molecule has 0 heterocycles. The van der Waals surface area contributed by atoms with Gasteiger partial charge in [0.2, 0.25) is 0 Å². The third-order valence-corrected chi connectivity index (χ3v) is 2.63. The Kier molecular flexibility index (Phi) is 4.17. The van der Waals surface area contributed by atoms with Crippen molar-refractivity contribution >= 4 is 5.69 Å². The summed E-state index contributed by atoms with van der Waals surface area (Å²) >= 11 is 0.